The minimum Gasteiger partial charge on any atom is -0.508 e. The Morgan fingerprint density at radius 3 is 2.46 bits per heavy atom. The molecule has 1 aromatic carbocycles. The molecule has 0 spiro atoms. The topological polar surface area (TPSA) is 65.5 Å². The van der Waals surface area contributed by atoms with Crippen LogP contribution in [-0.2, 0) is 17.6 Å². The molecule has 2 N–H and O–H groups in total. The summed E-state index contributed by atoms with van der Waals surface area (Å²) >= 11 is 7.36. The molecule has 1 unspecified atom stereocenters. The van der Waals surface area contributed by atoms with Crippen molar-refractivity contribution in [3.05, 3.63) is 55.7 Å². The third-order valence-electron chi connectivity index (χ3n) is 7.72. The van der Waals surface area contributed by atoms with Crippen molar-refractivity contribution in [2.24, 2.45) is 11.8 Å². The first-order valence-electron chi connectivity index (χ1n) is 13.1. The van der Waals surface area contributed by atoms with Crippen LogP contribution in [0.5, 0.6) is 5.75 Å². The number of hydrogen-bond acceptors (Lipinski definition) is 4. The summed E-state index contributed by atoms with van der Waals surface area (Å²) in [5, 5.41) is 13.6. The van der Waals surface area contributed by atoms with Gasteiger partial charge in [-0.05, 0) is 114 Å². The maximum atomic E-state index is 13.0. The maximum absolute atomic E-state index is 13.0. The quantitative estimate of drug-likeness (QED) is 0.437. The summed E-state index contributed by atoms with van der Waals surface area (Å²) < 4.78 is 1.97. The second-order valence-electron chi connectivity index (χ2n) is 9.79. The molecule has 3 aliphatic rings. The van der Waals surface area contributed by atoms with Crippen LogP contribution in [0.4, 0.5) is 0 Å². The van der Waals surface area contributed by atoms with Crippen LogP contribution in [-0.4, -0.2) is 47.1 Å². The SMILES string of the molecule is CC.O=C(CC1CCNCC1)N1CCC(C2c3ncc(Br)cc3CCc3cc(O)cc(Br)c32)CC1. The summed E-state index contributed by atoms with van der Waals surface area (Å²) in [7, 11) is 0. The molecule has 2 saturated heterocycles. The van der Waals surface area contributed by atoms with Crippen LogP contribution < -0.4 is 5.32 Å². The molecular weight excluding hydrogens is 570 g/mol. The van der Waals surface area contributed by atoms with Gasteiger partial charge in [0.1, 0.15) is 5.75 Å². The fourth-order valence-corrected chi connectivity index (χ4v) is 7.11. The number of nitrogens with one attached hydrogen (secondary N) is 1. The maximum Gasteiger partial charge on any atom is 0.222 e. The van der Waals surface area contributed by atoms with E-state index in [-0.39, 0.29) is 5.92 Å². The first-order valence-corrected chi connectivity index (χ1v) is 14.7. The molecule has 3 heterocycles. The monoisotopic (exact) mass is 605 g/mol. The van der Waals surface area contributed by atoms with Gasteiger partial charge in [-0.3, -0.25) is 9.78 Å². The Balaban J connectivity index is 0.00000141. The average molecular weight is 607 g/mol. The van der Waals surface area contributed by atoms with E-state index in [2.05, 4.69) is 48.1 Å². The number of rotatable bonds is 3. The number of likely N-dealkylation sites (tertiary alicyclic amines) is 1. The number of aryl methyl sites for hydroxylation is 2. The van der Waals surface area contributed by atoms with Crippen molar-refractivity contribution in [3.63, 3.8) is 0 Å². The second kappa shape index (κ2) is 12.2. The Kier molecular flexibility index (Phi) is 9.28. The number of phenols is 1. The largest absolute Gasteiger partial charge is 0.508 e. The third-order valence-corrected chi connectivity index (χ3v) is 8.81. The molecule has 2 aromatic rings. The molecule has 190 valence electrons. The van der Waals surface area contributed by atoms with Gasteiger partial charge in [0.2, 0.25) is 5.91 Å². The van der Waals surface area contributed by atoms with E-state index >= 15 is 0 Å². The Hall–Kier alpha value is -1.44. The number of fused-ring (bicyclic) bond motifs is 2. The minimum atomic E-state index is 0.169. The summed E-state index contributed by atoms with van der Waals surface area (Å²) in [5.41, 5.74) is 4.90. The number of aromatic hydroxyl groups is 1. The number of carbonyl (C=O) groups is 1. The summed E-state index contributed by atoms with van der Waals surface area (Å²) in [6.45, 7) is 7.71. The molecule has 0 radical (unpaired) electrons. The average Bonchev–Trinajstić information content (AvgIpc) is 3.03. The molecular formula is C28H37Br2N3O2. The van der Waals surface area contributed by atoms with Crippen molar-refractivity contribution < 1.29 is 9.90 Å². The second-order valence-corrected chi connectivity index (χ2v) is 11.6. The van der Waals surface area contributed by atoms with Gasteiger partial charge in [-0.15, -0.1) is 0 Å². The van der Waals surface area contributed by atoms with Crippen molar-refractivity contribution in [2.75, 3.05) is 26.2 Å². The summed E-state index contributed by atoms with van der Waals surface area (Å²) in [5.74, 6) is 1.75. The van der Waals surface area contributed by atoms with Gasteiger partial charge in [-0.25, -0.2) is 0 Å². The van der Waals surface area contributed by atoms with Crippen molar-refractivity contribution in [1.29, 1.82) is 0 Å². The summed E-state index contributed by atoms with van der Waals surface area (Å²) in [6, 6.07) is 5.94. The number of pyridine rings is 1. The van der Waals surface area contributed by atoms with Crippen LogP contribution in [0.3, 0.4) is 0 Å². The van der Waals surface area contributed by atoms with Crippen LogP contribution in [0.15, 0.2) is 33.3 Å². The van der Waals surface area contributed by atoms with Gasteiger partial charge in [0.05, 0.1) is 5.69 Å². The molecule has 1 aromatic heterocycles. The van der Waals surface area contributed by atoms with Gasteiger partial charge in [-0.2, -0.15) is 0 Å². The third kappa shape index (κ3) is 6.11. The Bertz CT molecular complexity index is 1030. The predicted octanol–water partition coefficient (Wildman–Crippen LogP) is 6.20. The van der Waals surface area contributed by atoms with Crippen molar-refractivity contribution >= 4 is 37.8 Å². The first kappa shape index (κ1) is 26.6. The number of phenolic OH excluding ortho intramolecular Hbond substituents is 1. The lowest BCUT2D eigenvalue weighted by Crippen LogP contribution is -2.41. The molecule has 35 heavy (non-hydrogen) atoms. The Labute approximate surface area is 226 Å². The lowest BCUT2D eigenvalue weighted by molar-refractivity contribution is -0.133. The lowest BCUT2D eigenvalue weighted by atomic mass is 9.76. The standard InChI is InChI=1S/C26H31Br2N3O2.C2H6/c27-20-12-19-2-1-18-13-21(32)14-22(28)24(18)25(26(19)30-15-20)17-5-9-31(10-6-17)23(33)11-16-3-7-29-8-4-16;1-2/h12-17,25,29,32H,1-11H2;1-2H3. The Morgan fingerprint density at radius 2 is 1.74 bits per heavy atom. The van der Waals surface area contributed by atoms with E-state index in [9.17, 15) is 9.90 Å². The molecule has 2 fully saturated rings. The molecule has 1 aliphatic carbocycles. The number of nitrogens with zero attached hydrogens (tertiary/aromatic N) is 2. The molecule has 5 nitrogen and oxygen atoms in total. The van der Waals surface area contributed by atoms with Crippen molar-refractivity contribution in [1.82, 2.24) is 15.2 Å². The van der Waals surface area contributed by atoms with Crippen molar-refractivity contribution in [3.8, 4) is 5.75 Å². The zero-order chi connectivity index (χ0) is 24.9. The minimum absolute atomic E-state index is 0.169. The number of halogens is 2. The van der Waals surface area contributed by atoms with Crippen LogP contribution in [0.2, 0.25) is 0 Å². The van der Waals surface area contributed by atoms with E-state index in [1.54, 1.807) is 0 Å². The fourth-order valence-electron chi connectivity index (χ4n) is 6.00. The van der Waals surface area contributed by atoms with Gasteiger partial charge >= 0.3 is 0 Å². The summed E-state index contributed by atoms with van der Waals surface area (Å²) in [6.07, 6.45) is 8.58. The van der Waals surface area contributed by atoms with Gasteiger partial charge in [0.25, 0.3) is 0 Å². The number of aromatic nitrogens is 1. The number of hydrogen-bond donors (Lipinski definition) is 2. The molecule has 0 saturated carbocycles. The van der Waals surface area contributed by atoms with Gasteiger partial charge in [0, 0.05) is 40.6 Å². The van der Waals surface area contributed by atoms with Crippen LogP contribution in [0, 0.1) is 11.8 Å². The Morgan fingerprint density at radius 1 is 1.06 bits per heavy atom. The molecule has 7 heteroatoms. The molecule has 0 bridgehead atoms. The molecule has 2 aliphatic heterocycles. The summed E-state index contributed by atoms with van der Waals surface area (Å²) in [4.78, 5) is 20.0. The predicted molar refractivity (Wildman–Crippen MR) is 148 cm³/mol. The van der Waals surface area contributed by atoms with E-state index in [0.29, 0.717) is 29.9 Å². The van der Waals surface area contributed by atoms with Crippen LogP contribution in [0.25, 0.3) is 0 Å². The van der Waals surface area contributed by atoms with Crippen molar-refractivity contribution in [2.45, 2.75) is 64.7 Å². The zero-order valence-corrected chi connectivity index (χ0v) is 24.0. The van der Waals surface area contributed by atoms with E-state index < -0.39 is 0 Å². The molecule has 1 atom stereocenters. The smallest absolute Gasteiger partial charge is 0.222 e. The first-order chi connectivity index (χ1) is 17.0. The lowest BCUT2D eigenvalue weighted by Gasteiger charge is -2.37. The van der Waals surface area contributed by atoms with Gasteiger partial charge in [-0.1, -0.05) is 29.8 Å². The van der Waals surface area contributed by atoms with Crippen LogP contribution in [0.1, 0.15) is 74.3 Å². The van der Waals surface area contributed by atoms with Gasteiger partial charge in [0.15, 0.2) is 0 Å². The van der Waals surface area contributed by atoms with Crippen LogP contribution >= 0.6 is 31.9 Å². The fraction of sp³-hybridized carbons (Fsp3) is 0.571. The highest BCUT2D eigenvalue weighted by Gasteiger charge is 2.36. The number of carbonyl (C=O) groups excluding carboxylic acids is 1. The number of benzene rings is 1. The number of amides is 1. The van der Waals surface area contributed by atoms with Gasteiger partial charge < -0.3 is 15.3 Å². The van der Waals surface area contributed by atoms with E-state index in [4.69, 9.17) is 4.98 Å². The highest BCUT2D eigenvalue weighted by atomic mass is 79.9. The van der Waals surface area contributed by atoms with E-state index in [1.165, 1.54) is 16.7 Å². The highest BCUT2D eigenvalue weighted by molar-refractivity contribution is 9.10. The number of piperidine rings is 2. The molecule has 5 rings (SSSR count). The highest BCUT2D eigenvalue weighted by Crippen LogP contribution is 2.46. The van der Waals surface area contributed by atoms with E-state index in [0.717, 1.165) is 79.3 Å². The normalized spacial score (nSPS) is 20.8. The van der Waals surface area contributed by atoms with E-state index in [1.807, 2.05) is 32.2 Å². The zero-order valence-electron chi connectivity index (χ0n) is 20.8. The molecule has 1 amide bonds.